The molecular weight excluding hydrogens is 348 g/mol. The first kappa shape index (κ1) is 19.0. The van der Waals surface area contributed by atoms with E-state index in [9.17, 15) is 9.59 Å². The van der Waals surface area contributed by atoms with E-state index in [1.807, 2.05) is 30.3 Å². The molecule has 2 heterocycles. The molecule has 1 aromatic heterocycles. The number of nitrogens with zero attached hydrogens (tertiary/aromatic N) is 3. The first-order chi connectivity index (χ1) is 12.9. The fraction of sp³-hybridized carbons (Fsp3) is 0.474. The second-order valence-electron chi connectivity index (χ2n) is 7.43. The van der Waals surface area contributed by atoms with Crippen molar-refractivity contribution in [1.82, 2.24) is 20.4 Å². The lowest BCUT2D eigenvalue weighted by atomic mass is 9.96. The smallest absolute Gasteiger partial charge is 0.257 e. The molecule has 1 atom stereocenters. The van der Waals surface area contributed by atoms with Crippen LogP contribution in [0.4, 0.5) is 0 Å². The number of rotatable bonds is 4. The molecule has 1 fully saturated rings. The summed E-state index contributed by atoms with van der Waals surface area (Å²) in [4.78, 5) is 30.7. The van der Waals surface area contributed by atoms with Crippen molar-refractivity contribution in [3.8, 4) is 11.5 Å². The first-order valence-electron chi connectivity index (χ1n) is 8.91. The fourth-order valence-corrected chi connectivity index (χ4v) is 2.71. The van der Waals surface area contributed by atoms with Crippen LogP contribution in [0.15, 0.2) is 34.9 Å². The summed E-state index contributed by atoms with van der Waals surface area (Å²) in [6, 6.07) is 8.98. The quantitative estimate of drug-likeness (QED) is 0.879. The summed E-state index contributed by atoms with van der Waals surface area (Å²) in [7, 11) is 0. The summed E-state index contributed by atoms with van der Waals surface area (Å²) in [5, 5.41) is 6.72. The van der Waals surface area contributed by atoms with Crippen LogP contribution in [-0.4, -0.2) is 53.2 Å². The van der Waals surface area contributed by atoms with Crippen molar-refractivity contribution >= 4 is 11.8 Å². The standard InChI is InChI=1S/C19H24N4O4/c1-19(2,3)18(25)20-11-15(24)23-9-10-26-12-14(23)16-21-17(27-22-16)13-7-5-4-6-8-13/h4-8,14H,9-12H2,1-3H3,(H,20,25). The lowest BCUT2D eigenvalue weighted by molar-refractivity contribution is -0.142. The van der Waals surface area contributed by atoms with Gasteiger partial charge in [-0.3, -0.25) is 9.59 Å². The van der Waals surface area contributed by atoms with Crippen molar-refractivity contribution in [2.24, 2.45) is 5.41 Å². The average Bonchev–Trinajstić information content (AvgIpc) is 3.16. The Morgan fingerprint density at radius 1 is 1.26 bits per heavy atom. The van der Waals surface area contributed by atoms with Gasteiger partial charge in [0.2, 0.25) is 11.8 Å². The summed E-state index contributed by atoms with van der Waals surface area (Å²) < 4.78 is 10.9. The van der Waals surface area contributed by atoms with Gasteiger partial charge in [0, 0.05) is 17.5 Å². The molecule has 0 aliphatic carbocycles. The van der Waals surface area contributed by atoms with Crippen LogP contribution in [-0.2, 0) is 14.3 Å². The van der Waals surface area contributed by atoms with Crippen molar-refractivity contribution in [3.05, 3.63) is 36.2 Å². The molecule has 1 saturated heterocycles. The van der Waals surface area contributed by atoms with Gasteiger partial charge >= 0.3 is 0 Å². The highest BCUT2D eigenvalue weighted by molar-refractivity contribution is 5.87. The number of amides is 2. The Balaban J connectivity index is 1.71. The number of morpholine rings is 1. The molecule has 1 aliphatic rings. The molecule has 1 aromatic carbocycles. The van der Waals surface area contributed by atoms with Gasteiger partial charge in [0.15, 0.2) is 5.82 Å². The van der Waals surface area contributed by atoms with Gasteiger partial charge in [-0.25, -0.2) is 0 Å². The number of nitrogens with one attached hydrogen (secondary N) is 1. The molecule has 3 rings (SSSR count). The molecule has 1 unspecified atom stereocenters. The van der Waals surface area contributed by atoms with Crippen molar-refractivity contribution in [2.75, 3.05) is 26.3 Å². The van der Waals surface area contributed by atoms with Gasteiger partial charge in [-0.05, 0) is 12.1 Å². The predicted molar refractivity (Wildman–Crippen MR) is 97.5 cm³/mol. The van der Waals surface area contributed by atoms with E-state index in [1.54, 1.807) is 25.7 Å². The summed E-state index contributed by atoms with van der Waals surface area (Å²) in [6.45, 7) is 6.45. The van der Waals surface area contributed by atoms with Gasteiger partial charge in [-0.15, -0.1) is 0 Å². The summed E-state index contributed by atoms with van der Waals surface area (Å²) >= 11 is 0. The number of carbonyl (C=O) groups excluding carboxylic acids is 2. The molecule has 0 bridgehead atoms. The lowest BCUT2D eigenvalue weighted by Crippen LogP contribution is -2.49. The molecule has 8 heteroatoms. The number of benzene rings is 1. The molecule has 2 aromatic rings. The molecule has 1 aliphatic heterocycles. The van der Waals surface area contributed by atoms with E-state index in [0.717, 1.165) is 5.56 Å². The Morgan fingerprint density at radius 3 is 2.70 bits per heavy atom. The van der Waals surface area contributed by atoms with Crippen LogP contribution in [0.5, 0.6) is 0 Å². The third-order valence-corrected chi connectivity index (χ3v) is 4.29. The zero-order valence-electron chi connectivity index (χ0n) is 15.8. The highest BCUT2D eigenvalue weighted by Gasteiger charge is 2.33. The van der Waals surface area contributed by atoms with Crippen LogP contribution >= 0.6 is 0 Å². The number of hydrogen-bond acceptors (Lipinski definition) is 6. The van der Waals surface area contributed by atoms with Crippen molar-refractivity contribution in [3.63, 3.8) is 0 Å². The van der Waals surface area contributed by atoms with Gasteiger partial charge in [0.1, 0.15) is 6.04 Å². The lowest BCUT2D eigenvalue weighted by Gasteiger charge is -2.34. The highest BCUT2D eigenvalue weighted by atomic mass is 16.5. The predicted octanol–water partition coefficient (Wildman–Crippen LogP) is 1.80. The minimum atomic E-state index is -0.553. The molecule has 1 N–H and O–H groups in total. The Hall–Kier alpha value is -2.74. The number of carbonyl (C=O) groups is 2. The van der Waals surface area contributed by atoms with Gasteiger partial charge in [0.25, 0.3) is 5.89 Å². The highest BCUT2D eigenvalue weighted by Crippen LogP contribution is 2.25. The Bertz CT molecular complexity index is 798. The molecular formula is C19H24N4O4. The third kappa shape index (κ3) is 4.51. The molecule has 2 amide bonds. The minimum absolute atomic E-state index is 0.0734. The Morgan fingerprint density at radius 2 is 2.00 bits per heavy atom. The number of ether oxygens (including phenoxy) is 1. The maximum absolute atomic E-state index is 12.7. The molecule has 0 radical (unpaired) electrons. The van der Waals surface area contributed by atoms with Gasteiger partial charge in [-0.1, -0.05) is 44.1 Å². The van der Waals surface area contributed by atoms with Crippen LogP contribution in [0.25, 0.3) is 11.5 Å². The second-order valence-corrected chi connectivity index (χ2v) is 7.43. The van der Waals surface area contributed by atoms with E-state index in [2.05, 4.69) is 15.5 Å². The monoisotopic (exact) mass is 372 g/mol. The zero-order chi connectivity index (χ0) is 19.4. The zero-order valence-corrected chi connectivity index (χ0v) is 15.8. The number of aromatic nitrogens is 2. The molecule has 144 valence electrons. The topological polar surface area (TPSA) is 97.6 Å². The fourth-order valence-electron chi connectivity index (χ4n) is 2.71. The van der Waals surface area contributed by atoms with Crippen molar-refractivity contribution < 1.29 is 18.8 Å². The third-order valence-electron chi connectivity index (χ3n) is 4.29. The van der Waals surface area contributed by atoms with Gasteiger partial charge in [-0.2, -0.15) is 4.98 Å². The summed E-state index contributed by atoms with van der Waals surface area (Å²) in [6.07, 6.45) is 0. The summed E-state index contributed by atoms with van der Waals surface area (Å²) in [5.41, 5.74) is 0.256. The van der Waals surface area contributed by atoms with E-state index in [1.165, 1.54) is 0 Å². The Labute approximate surface area is 157 Å². The Kier molecular flexibility index (Phi) is 5.55. The molecule has 8 nitrogen and oxygen atoms in total. The maximum atomic E-state index is 12.7. The van der Waals surface area contributed by atoms with Crippen LogP contribution < -0.4 is 5.32 Å². The van der Waals surface area contributed by atoms with Crippen LogP contribution in [0, 0.1) is 5.41 Å². The largest absolute Gasteiger partial charge is 0.377 e. The van der Waals surface area contributed by atoms with Crippen molar-refractivity contribution in [2.45, 2.75) is 26.8 Å². The van der Waals surface area contributed by atoms with Crippen LogP contribution in [0.3, 0.4) is 0 Å². The normalized spacial score (nSPS) is 17.6. The van der Waals surface area contributed by atoms with E-state index in [0.29, 0.717) is 24.9 Å². The molecule has 0 saturated carbocycles. The second kappa shape index (κ2) is 7.87. The van der Waals surface area contributed by atoms with E-state index in [-0.39, 0.29) is 25.0 Å². The van der Waals surface area contributed by atoms with Crippen LogP contribution in [0.2, 0.25) is 0 Å². The maximum Gasteiger partial charge on any atom is 0.257 e. The van der Waals surface area contributed by atoms with E-state index < -0.39 is 11.5 Å². The van der Waals surface area contributed by atoms with Gasteiger partial charge < -0.3 is 19.5 Å². The molecule has 27 heavy (non-hydrogen) atoms. The first-order valence-corrected chi connectivity index (χ1v) is 8.91. The summed E-state index contributed by atoms with van der Waals surface area (Å²) in [5.74, 6) is 0.409. The van der Waals surface area contributed by atoms with Gasteiger partial charge in [0.05, 0.1) is 19.8 Å². The van der Waals surface area contributed by atoms with E-state index in [4.69, 9.17) is 9.26 Å². The van der Waals surface area contributed by atoms with E-state index >= 15 is 0 Å². The SMILES string of the molecule is CC(C)(C)C(=O)NCC(=O)N1CCOCC1c1noc(-c2ccccc2)n1. The van der Waals surface area contributed by atoms with Crippen LogP contribution in [0.1, 0.15) is 32.6 Å². The average molecular weight is 372 g/mol. The minimum Gasteiger partial charge on any atom is -0.377 e. The number of hydrogen-bond donors (Lipinski definition) is 1. The molecule has 0 spiro atoms. The van der Waals surface area contributed by atoms with Crippen molar-refractivity contribution in [1.29, 1.82) is 0 Å².